The van der Waals surface area contributed by atoms with E-state index in [2.05, 4.69) is 17.9 Å². The first-order chi connectivity index (χ1) is 15.4. The maximum atomic E-state index is 14.0. The molecule has 5 rings (SSSR count). The van der Waals surface area contributed by atoms with Crippen LogP contribution in [0.4, 0.5) is 20.2 Å². The Hall–Kier alpha value is -2.90. The maximum Gasteiger partial charge on any atom is 0.233 e. The van der Waals surface area contributed by atoms with Gasteiger partial charge in [-0.1, -0.05) is 18.2 Å². The van der Waals surface area contributed by atoms with E-state index in [1.54, 1.807) is 12.1 Å². The Morgan fingerprint density at radius 1 is 1.03 bits per heavy atom. The zero-order chi connectivity index (χ0) is 22.4. The molecule has 1 unspecified atom stereocenters. The molecule has 1 atom stereocenters. The van der Waals surface area contributed by atoms with Crippen LogP contribution in [0.3, 0.4) is 0 Å². The highest BCUT2D eigenvalue weighted by Crippen LogP contribution is 2.37. The average molecular weight is 452 g/mol. The molecule has 1 saturated heterocycles. The smallest absolute Gasteiger partial charge is 0.233 e. The fraction of sp³-hybridized carbons (Fsp3) is 0.240. The van der Waals surface area contributed by atoms with Crippen molar-refractivity contribution in [3.63, 3.8) is 0 Å². The number of rotatable bonds is 4. The number of amides is 1. The number of nitrogens with zero attached hydrogens (tertiary/aromatic N) is 2. The molecule has 0 radical (unpaired) electrons. The number of anilines is 2. The standard InChI is InChI=1S/C25H23F2N3OS/c1-15-10-17-4-8-21(32-28)12-24(17)30(15)25(31)18-13-29(14-18)20-6-2-16(3-7-20)22-11-19(26)5-9-23(22)27/h2-9,11-12,15,18H,10,13-14,28H2,1H3. The van der Waals surface area contributed by atoms with Gasteiger partial charge in [0.05, 0.1) is 5.92 Å². The third-order valence-corrected chi connectivity index (χ3v) is 6.87. The lowest BCUT2D eigenvalue weighted by Crippen LogP contribution is -2.55. The van der Waals surface area contributed by atoms with Gasteiger partial charge < -0.3 is 9.80 Å². The second-order valence-corrected chi connectivity index (χ2v) is 9.15. The van der Waals surface area contributed by atoms with Crippen LogP contribution in [0, 0.1) is 17.6 Å². The van der Waals surface area contributed by atoms with Crippen LogP contribution in [0.5, 0.6) is 0 Å². The van der Waals surface area contributed by atoms with Crippen molar-refractivity contribution in [2.45, 2.75) is 24.3 Å². The van der Waals surface area contributed by atoms with E-state index in [1.807, 2.05) is 29.2 Å². The van der Waals surface area contributed by atoms with Gasteiger partial charge in [-0.2, -0.15) is 0 Å². The molecule has 2 N–H and O–H groups in total. The fourth-order valence-electron chi connectivity index (χ4n) is 4.61. The van der Waals surface area contributed by atoms with E-state index >= 15 is 0 Å². The lowest BCUT2D eigenvalue weighted by molar-refractivity contribution is -0.123. The van der Waals surface area contributed by atoms with E-state index in [9.17, 15) is 13.6 Å². The quantitative estimate of drug-likeness (QED) is 0.567. The Balaban J connectivity index is 1.28. The van der Waals surface area contributed by atoms with E-state index in [0.29, 0.717) is 18.7 Å². The molecule has 0 bridgehead atoms. The average Bonchev–Trinajstić information content (AvgIpc) is 3.09. The normalized spacial score (nSPS) is 17.9. The van der Waals surface area contributed by atoms with Crippen LogP contribution in [-0.2, 0) is 11.2 Å². The molecule has 164 valence electrons. The van der Waals surface area contributed by atoms with Crippen LogP contribution >= 0.6 is 11.9 Å². The lowest BCUT2D eigenvalue weighted by atomic mass is 9.96. The van der Waals surface area contributed by atoms with Crippen LogP contribution in [-0.4, -0.2) is 25.0 Å². The molecule has 2 aliphatic heterocycles. The van der Waals surface area contributed by atoms with Crippen molar-refractivity contribution in [1.29, 1.82) is 0 Å². The van der Waals surface area contributed by atoms with Crippen LogP contribution in [0.2, 0.25) is 0 Å². The first kappa shape index (κ1) is 21.0. The number of fused-ring (bicyclic) bond motifs is 1. The third-order valence-electron chi connectivity index (χ3n) is 6.35. The van der Waals surface area contributed by atoms with E-state index in [0.717, 1.165) is 34.8 Å². The van der Waals surface area contributed by atoms with Gasteiger partial charge in [-0.3, -0.25) is 9.93 Å². The zero-order valence-electron chi connectivity index (χ0n) is 17.6. The topological polar surface area (TPSA) is 49.6 Å². The van der Waals surface area contributed by atoms with Crippen molar-refractivity contribution in [3.8, 4) is 11.1 Å². The summed E-state index contributed by atoms with van der Waals surface area (Å²) in [5.74, 6) is -0.850. The van der Waals surface area contributed by atoms with Gasteiger partial charge in [-0.05, 0) is 78.9 Å². The van der Waals surface area contributed by atoms with Gasteiger partial charge in [0.25, 0.3) is 0 Å². The van der Waals surface area contributed by atoms with Crippen molar-refractivity contribution in [1.82, 2.24) is 0 Å². The molecule has 3 aromatic rings. The number of hydrogen-bond acceptors (Lipinski definition) is 4. The number of benzene rings is 3. The maximum absolute atomic E-state index is 14.0. The largest absolute Gasteiger partial charge is 0.370 e. The highest BCUT2D eigenvalue weighted by atomic mass is 32.2. The second-order valence-electron chi connectivity index (χ2n) is 8.44. The van der Waals surface area contributed by atoms with Crippen LogP contribution in [0.1, 0.15) is 12.5 Å². The van der Waals surface area contributed by atoms with Gasteiger partial charge in [0.15, 0.2) is 0 Å². The van der Waals surface area contributed by atoms with Gasteiger partial charge in [-0.15, -0.1) is 0 Å². The van der Waals surface area contributed by atoms with Gasteiger partial charge in [0.1, 0.15) is 11.6 Å². The van der Waals surface area contributed by atoms with Crippen molar-refractivity contribution < 1.29 is 13.6 Å². The van der Waals surface area contributed by atoms with Gasteiger partial charge in [0.2, 0.25) is 5.91 Å². The van der Waals surface area contributed by atoms with Gasteiger partial charge in [0, 0.05) is 41.0 Å². The fourth-order valence-corrected chi connectivity index (χ4v) is 4.94. The van der Waals surface area contributed by atoms with Crippen LogP contribution in [0.15, 0.2) is 65.6 Å². The highest BCUT2D eigenvalue weighted by Gasteiger charge is 2.40. The Labute approximate surface area is 190 Å². The molecule has 0 saturated carbocycles. The lowest BCUT2D eigenvalue weighted by Gasteiger charge is -2.42. The molecule has 0 aliphatic carbocycles. The Kier molecular flexibility index (Phi) is 5.39. The van der Waals surface area contributed by atoms with Crippen molar-refractivity contribution in [2.24, 2.45) is 11.1 Å². The summed E-state index contributed by atoms with van der Waals surface area (Å²) in [4.78, 5) is 18.3. The summed E-state index contributed by atoms with van der Waals surface area (Å²) in [6, 6.07) is 17.0. The summed E-state index contributed by atoms with van der Waals surface area (Å²) >= 11 is 1.19. The molecule has 4 nitrogen and oxygen atoms in total. The first-order valence-corrected chi connectivity index (χ1v) is 11.5. The molecule has 32 heavy (non-hydrogen) atoms. The van der Waals surface area contributed by atoms with E-state index in [-0.39, 0.29) is 23.4 Å². The van der Waals surface area contributed by atoms with E-state index < -0.39 is 11.6 Å². The van der Waals surface area contributed by atoms with Crippen LogP contribution in [0.25, 0.3) is 11.1 Å². The summed E-state index contributed by atoms with van der Waals surface area (Å²) in [6.07, 6.45) is 0.852. The SMILES string of the molecule is CC1Cc2ccc(SN)cc2N1C(=O)C1CN(c2ccc(-c3cc(F)ccc3F)cc2)C1. The second kappa shape index (κ2) is 8.22. The molecule has 1 fully saturated rings. The molecule has 2 aliphatic rings. The van der Waals surface area contributed by atoms with Gasteiger partial charge in [-0.25, -0.2) is 8.78 Å². The molecule has 0 spiro atoms. The summed E-state index contributed by atoms with van der Waals surface area (Å²) in [7, 11) is 0. The highest BCUT2D eigenvalue weighted by molar-refractivity contribution is 7.97. The summed E-state index contributed by atoms with van der Waals surface area (Å²) < 4.78 is 27.5. The molecule has 2 heterocycles. The minimum absolute atomic E-state index is 0.0714. The molecule has 0 aromatic heterocycles. The summed E-state index contributed by atoms with van der Waals surface area (Å²) in [5.41, 5.74) is 3.98. The molecule has 7 heteroatoms. The van der Waals surface area contributed by atoms with E-state index in [1.165, 1.54) is 23.6 Å². The van der Waals surface area contributed by atoms with Crippen molar-refractivity contribution in [3.05, 3.63) is 77.9 Å². The van der Waals surface area contributed by atoms with Crippen molar-refractivity contribution >= 4 is 29.2 Å². The van der Waals surface area contributed by atoms with Gasteiger partial charge >= 0.3 is 0 Å². The number of nitrogens with two attached hydrogens (primary N) is 1. The van der Waals surface area contributed by atoms with Crippen molar-refractivity contribution in [2.75, 3.05) is 22.9 Å². The Bertz CT molecular complexity index is 1180. The Morgan fingerprint density at radius 2 is 1.78 bits per heavy atom. The minimum Gasteiger partial charge on any atom is -0.370 e. The molecule has 3 aromatic carbocycles. The monoisotopic (exact) mass is 451 g/mol. The summed E-state index contributed by atoms with van der Waals surface area (Å²) in [6.45, 7) is 3.35. The zero-order valence-corrected chi connectivity index (χ0v) is 18.4. The molecule has 1 amide bonds. The Morgan fingerprint density at radius 3 is 2.50 bits per heavy atom. The number of hydrogen-bond donors (Lipinski definition) is 1. The van der Waals surface area contributed by atoms with E-state index in [4.69, 9.17) is 5.14 Å². The number of carbonyl (C=O) groups excluding carboxylic acids is 1. The summed E-state index contributed by atoms with van der Waals surface area (Å²) in [5, 5.41) is 5.71. The number of carbonyl (C=O) groups is 1. The predicted octanol–water partition coefficient (Wildman–Crippen LogP) is 5.01. The molecular weight excluding hydrogens is 428 g/mol. The first-order valence-electron chi connectivity index (χ1n) is 10.6. The van der Waals surface area contributed by atoms with Crippen LogP contribution < -0.4 is 14.9 Å². The minimum atomic E-state index is -0.468. The predicted molar refractivity (Wildman–Crippen MR) is 125 cm³/mol. The number of halogens is 2. The molecular formula is C25H23F2N3OS. The third kappa shape index (κ3) is 3.65.